The van der Waals surface area contributed by atoms with Crippen LogP contribution in [0.1, 0.15) is 27.6 Å². The normalized spacial score (nSPS) is 14.9. The maximum Gasteiger partial charge on any atom is 0.338 e. The molecule has 6 nitrogen and oxygen atoms in total. The fourth-order valence-corrected chi connectivity index (χ4v) is 3.57. The molecule has 0 unspecified atom stereocenters. The van der Waals surface area contributed by atoms with Crippen molar-refractivity contribution in [3.63, 3.8) is 0 Å². The first kappa shape index (κ1) is 18.6. The van der Waals surface area contributed by atoms with E-state index in [0.29, 0.717) is 29.1 Å². The van der Waals surface area contributed by atoms with Crippen LogP contribution in [0.25, 0.3) is 0 Å². The molecule has 2 N–H and O–H groups in total. The van der Waals surface area contributed by atoms with E-state index in [1.54, 1.807) is 37.4 Å². The molecule has 0 spiro atoms. The summed E-state index contributed by atoms with van der Waals surface area (Å²) in [5.41, 5.74) is 9.02. The molecular weight excluding hydrogens is 368 g/mol. The first-order valence-electron chi connectivity index (χ1n) is 9.20. The lowest BCUT2D eigenvalue weighted by molar-refractivity contribution is 0.0300. The zero-order valence-corrected chi connectivity index (χ0v) is 15.9. The third-order valence-electron chi connectivity index (χ3n) is 4.96. The van der Waals surface area contributed by atoms with E-state index < -0.39 is 18.1 Å². The Hall–Kier alpha value is -3.80. The number of hydrogen-bond acceptors (Lipinski definition) is 4. The third-order valence-corrected chi connectivity index (χ3v) is 4.96. The molecule has 0 bridgehead atoms. The molecule has 0 saturated carbocycles. The zero-order chi connectivity index (χ0) is 20.4. The van der Waals surface area contributed by atoms with Gasteiger partial charge in [0.1, 0.15) is 11.9 Å². The maximum atomic E-state index is 12.8. The van der Waals surface area contributed by atoms with E-state index in [1.807, 2.05) is 42.5 Å². The predicted molar refractivity (Wildman–Crippen MR) is 109 cm³/mol. The molecule has 146 valence electrons. The Morgan fingerprint density at radius 3 is 2.28 bits per heavy atom. The highest BCUT2D eigenvalue weighted by molar-refractivity contribution is 6.00. The standard InChI is InChI=1S/C23H20N2O4/c1-28-17-12-10-15(11-13-17)22(26)29-21-14-16-6-2-4-8-19(16)25(23(24)27)20-9-5-3-7-18(20)21/h2-13,21H,14H2,1H3,(H2,24,27)/t21-/m1/s1. The second-order valence-corrected chi connectivity index (χ2v) is 6.69. The lowest BCUT2D eigenvalue weighted by Gasteiger charge is -2.23. The summed E-state index contributed by atoms with van der Waals surface area (Å²) in [7, 11) is 1.57. The lowest BCUT2D eigenvalue weighted by Crippen LogP contribution is -2.32. The van der Waals surface area contributed by atoms with E-state index in [9.17, 15) is 9.59 Å². The Kier molecular flexibility index (Phi) is 4.91. The van der Waals surface area contributed by atoms with Crippen LogP contribution in [0.4, 0.5) is 16.2 Å². The number of para-hydroxylation sites is 2. The smallest absolute Gasteiger partial charge is 0.338 e. The quantitative estimate of drug-likeness (QED) is 0.676. The van der Waals surface area contributed by atoms with Crippen LogP contribution in [0, 0.1) is 0 Å². The van der Waals surface area contributed by atoms with Crippen LogP contribution < -0.4 is 15.4 Å². The highest BCUT2D eigenvalue weighted by Gasteiger charge is 2.31. The molecule has 4 rings (SSSR count). The van der Waals surface area contributed by atoms with Crippen molar-refractivity contribution in [3.05, 3.63) is 89.5 Å². The largest absolute Gasteiger partial charge is 0.497 e. The molecule has 0 radical (unpaired) electrons. The van der Waals surface area contributed by atoms with Gasteiger partial charge in [-0.2, -0.15) is 0 Å². The van der Waals surface area contributed by atoms with Crippen LogP contribution >= 0.6 is 0 Å². The Balaban J connectivity index is 1.74. The molecule has 3 aromatic carbocycles. The summed E-state index contributed by atoms with van der Waals surface area (Å²) in [6.07, 6.45) is -0.134. The van der Waals surface area contributed by atoms with E-state index in [0.717, 1.165) is 11.1 Å². The van der Waals surface area contributed by atoms with E-state index >= 15 is 0 Å². The van der Waals surface area contributed by atoms with E-state index in [1.165, 1.54) is 4.90 Å². The number of benzene rings is 3. The van der Waals surface area contributed by atoms with Crippen LogP contribution in [0.2, 0.25) is 0 Å². The van der Waals surface area contributed by atoms with Crippen molar-refractivity contribution >= 4 is 23.4 Å². The summed E-state index contributed by atoms with van der Waals surface area (Å²) in [4.78, 5) is 26.5. The third kappa shape index (κ3) is 3.52. The summed E-state index contributed by atoms with van der Waals surface area (Å²) in [6, 6.07) is 21.0. The number of amides is 2. The Labute approximate surface area is 168 Å². The van der Waals surface area contributed by atoms with E-state index in [-0.39, 0.29) is 0 Å². The van der Waals surface area contributed by atoms with Crippen molar-refractivity contribution in [3.8, 4) is 5.75 Å². The summed E-state index contributed by atoms with van der Waals surface area (Å²) >= 11 is 0. The van der Waals surface area contributed by atoms with Gasteiger partial charge < -0.3 is 15.2 Å². The van der Waals surface area contributed by atoms with Crippen molar-refractivity contribution in [1.29, 1.82) is 0 Å². The van der Waals surface area contributed by atoms with Gasteiger partial charge in [0.15, 0.2) is 0 Å². The van der Waals surface area contributed by atoms with Gasteiger partial charge in [-0.15, -0.1) is 0 Å². The number of carbonyl (C=O) groups excluding carboxylic acids is 2. The molecule has 0 fully saturated rings. The lowest BCUT2D eigenvalue weighted by atomic mass is 10.0. The number of urea groups is 1. The second-order valence-electron chi connectivity index (χ2n) is 6.69. The van der Waals surface area contributed by atoms with Gasteiger partial charge in [0.2, 0.25) is 0 Å². The Bertz CT molecular complexity index is 1060. The van der Waals surface area contributed by atoms with Gasteiger partial charge in [0.25, 0.3) is 0 Å². The van der Waals surface area contributed by atoms with Crippen LogP contribution in [-0.2, 0) is 11.2 Å². The molecule has 0 aromatic heterocycles. The fraction of sp³-hybridized carbons (Fsp3) is 0.130. The first-order valence-corrected chi connectivity index (χ1v) is 9.20. The SMILES string of the molecule is COc1ccc(C(=O)O[C@@H]2Cc3ccccc3N(C(N)=O)c3ccccc32)cc1. The van der Waals surface area contributed by atoms with Crippen LogP contribution in [0.15, 0.2) is 72.8 Å². The van der Waals surface area contributed by atoms with Gasteiger partial charge in [0.05, 0.1) is 24.0 Å². The number of ether oxygens (including phenoxy) is 2. The van der Waals surface area contributed by atoms with Crippen molar-refractivity contribution in [2.45, 2.75) is 12.5 Å². The predicted octanol–water partition coefficient (Wildman–Crippen LogP) is 4.37. The summed E-state index contributed by atoms with van der Waals surface area (Å²) in [5.74, 6) is 0.213. The van der Waals surface area contributed by atoms with Crippen molar-refractivity contribution < 1.29 is 19.1 Å². The topological polar surface area (TPSA) is 81.9 Å². The summed E-state index contributed by atoms with van der Waals surface area (Å²) in [6.45, 7) is 0. The average molecular weight is 388 g/mol. The molecule has 2 amide bonds. The number of rotatable bonds is 3. The van der Waals surface area contributed by atoms with Crippen molar-refractivity contribution in [2.75, 3.05) is 12.0 Å². The maximum absolute atomic E-state index is 12.8. The highest BCUT2D eigenvalue weighted by Crippen LogP contribution is 2.41. The van der Waals surface area contributed by atoms with Gasteiger partial charge in [-0.05, 0) is 42.0 Å². The van der Waals surface area contributed by atoms with Crippen LogP contribution in [-0.4, -0.2) is 19.1 Å². The molecule has 3 aromatic rings. The number of esters is 1. The number of hydrogen-bond donors (Lipinski definition) is 1. The number of nitrogens with two attached hydrogens (primary N) is 1. The number of methoxy groups -OCH3 is 1. The molecule has 29 heavy (non-hydrogen) atoms. The van der Waals surface area contributed by atoms with E-state index in [2.05, 4.69) is 0 Å². The molecule has 1 heterocycles. The Morgan fingerprint density at radius 1 is 0.931 bits per heavy atom. The van der Waals surface area contributed by atoms with Gasteiger partial charge in [-0.3, -0.25) is 4.90 Å². The molecule has 1 atom stereocenters. The average Bonchev–Trinajstić information content (AvgIpc) is 2.88. The summed E-state index contributed by atoms with van der Waals surface area (Å²) in [5, 5.41) is 0. The minimum absolute atomic E-state index is 0.424. The number of fused-ring (bicyclic) bond motifs is 2. The molecule has 0 saturated heterocycles. The fourth-order valence-electron chi connectivity index (χ4n) is 3.57. The molecule has 6 heteroatoms. The number of primary amides is 1. The highest BCUT2D eigenvalue weighted by atomic mass is 16.5. The monoisotopic (exact) mass is 388 g/mol. The number of carbonyl (C=O) groups is 2. The van der Waals surface area contributed by atoms with Gasteiger partial charge in [-0.1, -0.05) is 36.4 Å². The number of anilines is 2. The second kappa shape index (κ2) is 7.67. The van der Waals surface area contributed by atoms with Gasteiger partial charge in [0, 0.05) is 12.0 Å². The minimum Gasteiger partial charge on any atom is -0.497 e. The molecule has 1 aliphatic heterocycles. The Morgan fingerprint density at radius 2 is 1.59 bits per heavy atom. The first-order chi connectivity index (χ1) is 14.1. The van der Waals surface area contributed by atoms with Crippen LogP contribution in [0.5, 0.6) is 5.75 Å². The van der Waals surface area contributed by atoms with Gasteiger partial charge >= 0.3 is 12.0 Å². The molecular formula is C23H20N2O4. The van der Waals surface area contributed by atoms with Crippen molar-refractivity contribution in [1.82, 2.24) is 0 Å². The van der Waals surface area contributed by atoms with E-state index in [4.69, 9.17) is 15.2 Å². The van der Waals surface area contributed by atoms with Crippen molar-refractivity contribution in [2.24, 2.45) is 5.73 Å². The molecule has 1 aliphatic rings. The summed E-state index contributed by atoms with van der Waals surface area (Å²) < 4.78 is 11.0. The minimum atomic E-state index is -0.591. The molecule has 0 aliphatic carbocycles. The number of nitrogens with zero attached hydrogens (tertiary/aromatic N) is 1. The van der Waals surface area contributed by atoms with Gasteiger partial charge in [-0.25, -0.2) is 9.59 Å². The zero-order valence-electron chi connectivity index (χ0n) is 15.9. The van der Waals surface area contributed by atoms with Crippen LogP contribution in [0.3, 0.4) is 0 Å².